The molecule has 2 aromatic carbocycles. The van der Waals surface area contributed by atoms with Gasteiger partial charge in [-0.15, -0.1) is 0 Å². The van der Waals surface area contributed by atoms with Crippen molar-refractivity contribution in [1.29, 1.82) is 0 Å². The Morgan fingerprint density at radius 1 is 1.05 bits per heavy atom. The number of phenolic OH excluding ortho intramolecular Hbond substituents is 2. The van der Waals surface area contributed by atoms with Crippen LogP contribution in [0.5, 0.6) is 11.5 Å². The molecular formula is C16H14O4. The number of hydrogen-bond donors (Lipinski definition) is 2. The van der Waals surface area contributed by atoms with Crippen LogP contribution in [0, 0.1) is 0 Å². The fraction of sp³-hybridized carbons (Fsp3) is 0.125. The number of carbonyl (C=O) groups is 2. The van der Waals surface area contributed by atoms with E-state index in [2.05, 4.69) is 0 Å². The van der Waals surface area contributed by atoms with Crippen LogP contribution in [-0.2, 0) is 6.42 Å². The van der Waals surface area contributed by atoms with Crippen LogP contribution in [0.1, 0.15) is 38.8 Å². The number of Topliss-reactive ketones (excluding diaryl/α,β-unsaturated/α-hetero) is 1. The normalized spacial score (nSPS) is 10.2. The van der Waals surface area contributed by atoms with Crippen LogP contribution < -0.4 is 0 Å². The molecular weight excluding hydrogens is 256 g/mol. The van der Waals surface area contributed by atoms with Crippen LogP contribution in [0.15, 0.2) is 36.4 Å². The van der Waals surface area contributed by atoms with E-state index in [1.807, 2.05) is 0 Å². The van der Waals surface area contributed by atoms with Gasteiger partial charge in [-0.25, -0.2) is 0 Å². The molecule has 0 aliphatic carbocycles. The molecule has 102 valence electrons. The zero-order chi connectivity index (χ0) is 14.7. The molecule has 0 bridgehead atoms. The molecule has 4 nitrogen and oxygen atoms in total. The van der Waals surface area contributed by atoms with Crippen LogP contribution in [0.4, 0.5) is 0 Å². The van der Waals surface area contributed by atoms with Crippen molar-refractivity contribution in [3.8, 4) is 11.5 Å². The molecule has 0 amide bonds. The monoisotopic (exact) mass is 270 g/mol. The van der Waals surface area contributed by atoms with Crippen molar-refractivity contribution in [1.82, 2.24) is 0 Å². The highest BCUT2D eigenvalue weighted by Gasteiger charge is 2.08. The lowest BCUT2D eigenvalue weighted by atomic mass is 9.99. The molecule has 0 fully saturated rings. The summed E-state index contributed by atoms with van der Waals surface area (Å²) < 4.78 is 0. The fourth-order valence-electron chi connectivity index (χ4n) is 2.02. The number of phenols is 2. The number of aldehydes is 1. The number of carbonyl (C=O) groups excluding carboxylic acids is 2. The van der Waals surface area contributed by atoms with Gasteiger partial charge in [0.25, 0.3) is 0 Å². The van der Waals surface area contributed by atoms with E-state index >= 15 is 0 Å². The summed E-state index contributed by atoms with van der Waals surface area (Å²) in [4.78, 5) is 22.2. The minimum atomic E-state index is -0.205. The Morgan fingerprint density at radius 2 is 1.65 bits per heavy atom. The molecule has 2 aromatic rings. The van der Waals surface area contributed by atoms with Gasteiger partial charge in [0.15, 0.2) is 12.1 Å². The van der Waals surface area contributed by atoms with Crippen molar-refractivity contribution in [2.75, 3.05) is 0 Å². The predicted octanol–water partition coefficient (Wildman–Crippen LogP) is 2.70. The fourth-order valence-corrected chi connectivity index (χ4v) is 2.02. The third-order valence-electron chi connectivity index (χ3n) is 3.07. The average Bonchev–Trinajstić information content (AvgIpc) is 2.42. The van der Waals surface area contributed by atoms with E-state index in [-0.39, 0.29) is 28.4 Å². The first-order chi connectivity index (χ1) is 9.51. The number of hydrogen-bond acceptors (Lipinski definition) is 4. The van der Waals surface area contributed by atoms with Gasteiger partial charge in [-0.3, -0.25) is 9.59 Å². The van der Waals surface area contributed by atoms with Crippen molar-refractivity contribution in [3.63, 3.8) is 0 Å². The van der Waals surface area contributed by atoms with E-state index in [4.69, 9.17) is 0 Å². The molecule has 2 N–H and O–H groups in total. The molecule has 0 aliphatic heterocycles. The molecule has 20 heavy (non-hydrogen) atoms. The van der Waals surface area contributed by atoms with Gasteiger partial charge in [0.2, 0.25) is 0 Å². The van der Waals surface area contributed by atoms with Crippen molar-refractivity contribution >= 4 is 12.1 Å². The summed E-state index contributed by atoms with van der Waals surface area (Å²) in [5.41, 5.74) is 2.19. The van der Waals surface area contributed by atoms with Crippen LogP contribution in [0.25, 0.3) is 0 Å². The maximum absolute atomic E-state index is 11.4. The number of rotatable bonds is 4. The Hall–Kier alpha value is -2.62. The molecule has 0 radical (unpaired) electrons. The Bertz CT molecular complexity index is 674. The average molecular weight is 270 g/mol. The highest BCUT2D eigenvalue weighted by Crippen LogP contribution is 2.22. The van der Waals surface area contributed by atoms with E-state index < -0.39 is 0 Å². The Balaban J connectivity index is 2.32. The summed E-state index contributed by atoms with van der Waals surface area (Å²) in [6.07, 6.45) is 1.10. The van der Waals surface area contributed by atoms with E-state index in [0.29, 0.717) is 12.7 Å². The molecule has 2 rings (SSSR count). The van der Waals surface area contributed by atoms with Gasteiger partial charge in [0, 0.05) is 0 Å². The summed E-state index contributed by atoms with van der Waals surface area (Å²) in [5, 5.41) is 19.0. The van der Waals surface area contributed by atoms with Crippen molar-refractivity contribution in [3.05, 3.63) is 58.7 Å². The second kappa shape index (κ2) is 5.57. The zero-order valence-electron chi connectivity index (χ0n) is 11.0. The number of benzene rings is 2. The zero-order valence-corrected chi connectivity index (χ0v) is 11.0. The van der Waals surface area contributed by atoms with Crippen LogP contribution >= 0.6 is 0 Å². The van der Waals surface area contributed by atoms with Crippen LogP contribution in [0.3, 0.4) is 0 Å². The number of ketones is 1. The molecule has 0 saturated heterocycles. The quantitative estimate of drug-likeness (QED) is 0.661. The first-order valence-electron chi connectivity index (χ1n) is 6.11. The van der Waals surface area contributed by atoms with Gasteiger partial charge in [-0.2, -0.15) is 0 Å². The first-order valence-corrected chi connectivity index (χ1v) is 6.11. The van der Waals surface area contributed by atoms with Crippen LogP contribution in [-0.4, -0.2) is 22.3 Å². The highest BCUT2D eigenvalue weighted by molar-refractivity contribution is 5.96. The molecule has 0 aromatic heterocycles. The van der Waals surface area contributed by atoms with E-state index in [0.717, 1.165) is 11.1 Å². The second-order valence-corrected chi connectivity index (χ2v) is 4.60. The van der Waals surface area contributed by atoms with E-state index in [1.54, 1.807) is 24.3 Å². The maximum atomic E-state index is 11.4. The molecule has 4 heteroatoms. The molecule has 0 unspecified atom stereocenters. The predicted molar refractivity (Wildman–Crippen MR) is 74.4 cm³/mol. The van der Waals surface area contributed by atoms with Gasteiger partial charge in [-0.05, 0) is 48.7 Å². The minimum absolute atomic E-state index is 0.0412. The summed E-state index contributed by atoms with van der Waals surface area (Å²) in [6, 6.07) is 9.60. The third-order valence-corrected chi connectivity index (χ3v) is 3.07. The van der Waals surface area contributed by atoms with Gasteiger partial charge in [0.1, 0.15) is 11.5 Å². The van der Waals surface area contributed by atoms with Crippen molar-refractivity contribution in [2.45, 2.75) is 13.3 Å². The molecule has 0 atom stereocenters. The van der Waals surface area contributed by atoms with E-state index in [1.165, 1.54) is 19.1 Å². The lowest BCUT2D eigenvalue weighted by Gasteiger charge is -2.07. The smallest absolute Gasteiger partial charge is 0.163 e. The first kappa shape index (κ1) is 13.8. The standard InChI is InChI=1S/C16H14O4/c1-10(18)14-8-12(3-5-16(14)20)6-11-2-4-15(19)13(7-11)9-17/h2-5,7-9,19-20H,6H2,1H3. The Morgan fingerprint density at radius 3 is 2.25 bits per heavy atom. The Kier molecular flexibility index (Phi) is 3.84. The Labute approximate surface area is 116 Å². The summed E-state index contributed by atoms with van der Waals surface area (Å²) in [5.74, 6) is -0.303. The minimum Gasteiger partial charge on any atom is -0.507 e. The third kappa shape index (κ3) is 2.85. The summed E-state index contributed by atoms with van der Waals surface area (Å²) in [7, 11) is 0. The van der Waals surface area contributed by atoms with E-state index in [9.17, 15) is 19.8 Å². The van der Waals surface area contributed by atoms with Crippen molar-refractivity contribution in [2.24, 2.45) is 0 Å². The second-order valence-electron chi connectivity index (χ2n) is 4.60. The topological polar surface area (TPSA) is 74.6 Å². The molecule has 0 aliphatic rings. The number of aromatic hydroxyl groups is 2. The molecule has 0 heterocycles. The SMILES string of the molecule is CC(=O)c1cc(Cc2ccc(O)c(C=O)c2)ccc1O. The van der Waals surface area contributed by atoms with Gasteiger partial charge >= 0.3 is 0 Å². The highest BCUT2D eigenvalue weighted by atomic mass is 16.3. The molecule has 0 spiro atoms. The summed E-state index contributed by atoms with van der Waals surface area (Å²) >= 11 is 0. The summed E-state index contributed by atoms with van der Waals surface area (Å²) in [6.45, 7) is 1.39. The molecule has 0 saturated carbocycles. The lowest BCUT2D eigenvalue weighted by Crippen LogP contribution is -1.96. The lowest BCUT2D eigenvalue weighted by molar-refractivity contribution is 0.101. The maximum Gasteiger partial charge on any atom is 0.163 e. The van der Waals surface area contributed by atoms with Crippen LogP contribution in [0.2, 0.25) is 0 Å². The van der Waals surface area contributed by atoms with Gasteiger partial charge < -0.3 is 10.2 Å². The van der Waals surface area contributed by atoms with Gasteiger partial charge in [-0.1, -0.05) is 12.1 Å². The van der Waals surface area contributed by atoms with Crippen molar-refractivity contribution < 1.29 is 19.8 Å². The largest absolute Gasteiger partial charge is 0.507 e. The van der Waals surface area contributed by atoms with Gasteiger partial charge in [0.05, 0.1) is 11.1 Å².